The largest absolute Gasteiger partial charge is 0.353 e. The van der Waals surface area contributed by atoms with E-state index in [4.69, 9.17) is 5.73 Å². The average Bonchev–Trinajstić information content (AvgIpc) is 2.86. The van der Waals surface area contributed by atoms with Gasteiger partial charge in [0.25, 0.3) is 0 Å². The second kappa shape index (κ2) is 4.61. The maximum Gasteiger partial charge on any atom is 0.138 e. The molecule has 0 amide bonds. The van der Waals surface area contributed by atoms with Gasteiger partial charge in [0.05, 0.1) is 0 Å². The minimum Gasteiger partial charge on any atom is -0.353 e. The molecule has 1 fully saturated rings. The Balaban J connectivity index is 2.03. The molecule has 1 aliphatic rings. The van der Waals surface area contributed by atoms with Crippen LogP contribution < -0.4 is 10.6 Å². The van der Waals surface area contributed by atoms with E-state index in [9.17, 15) is 0 Å². The Morgan fingerprint density at radius 3 is 3.11 bits per heavy atom. The van der Waals surface area contributed by atoms with E-state index in [1.807, 2.05) is 18.5 Å². The van der Waals surface area contributed by atoms with Gasteiger partial charge >= 0.3 is 0 Å². The van der Waals surface area contributed by atoms with E-state index in [0.29, 0.717) is 6.04 Å². The fourth-order valence-corrected chi connectivity index (χ4v) is 2.96. The van der Waals surface area contributed by atoms with Gasteiger partial charge in [-0.25, -0.2) is 4.98 Å². The molecule has 96 valence electrons. The predicted molar refractivity (Wildman–Crippen MR) is 73.8 cm³/mol. The number of anilines is 1. The van der Waals surface area contributed by atoms with Crippen LogP contribution in [0.3, 0.4) is 0 Å². The lowest BCUT2D eigenvalue weighted by Gasteiger charge is -2.39. The molecule has 1 aliphatic heterocycles. The van der Waals surface area contributed by atoms with Crippen LogP contribution in [0.1, 0.15) is 26.2 Å². The van der Waals surface area contributed by atoms with Crippen LogP contribution in [0, 0.1) is 0 Å². The van der Waals surface area contributed by atoms with Gasteiger partial charge in [0, 0.05) is 31.0 Å². The van der Waals surface area contributed by atoms with Crippen molar-refractivity contribution in [2.75, 3.05) is 11.4 Å². The number of imidazole rings is 1. The van der Waals surface area contributed by atoms with E-state index in [1.54, 1.807) is 0 Å². The smallest absolute Gasteiger partial charge is 0.138 e. The molecule has 2 aromatic rings. The number of hydrogen-bond acceptors (Lipinski definition) is 3. The maximum atomic E-state index is 6.15. The highest BCUT2D eigenvalue weighted by atomic mass is 15.3. The molecule has 0 spiro atoms. The lowest BCUT2D eigenvalue weighted by atomic mass is 9.97. The number of nitrogens with zero attached hydrogens (tertiary/aromatic N) is 3. The molecule has 0 saturated carbocycles. The van der Waals surface area contributed by atoms with Crippen LogP contribution in [-0.2, 0) is 0 Å². The third kappa shape index (κ3) is 1.86. The first kappa shape index (κ1) is 11.5. The number of rotatable bonds is 2. The lowest BCUT2D eigenvalue weighted by Crippen LogP contribution is -2.49. The van der Waals surface area contributed by atoms with Gasteiger partial charge in [0.15, 0.2) is 0 Å². The first-order chi connectivity index (χ1) is 8.77. The molecule has 2 atom stereocenters. The van der Waals surface area contributed by atoms with Crippen LogP contribution in [0.25, 0.3) is 5.65 Å². The van der Waals surface area contributed by atoms with Gasteiger partial charge in [-0.1, -0.05) is 6.07 Å². The van der Waals surface area contributed by atoms with E-state index in [0.717, 1.165) is 12.2 Å². The van der Waals surface area contributed by atoms with Gasteiger partial charge in [-0.3, -0.25) is 4.40 Å². The van der Waals surface area contributed by atoms with Gasteiger partial charge < -0.3 is 10.6 Å². The summed E-state index contributed by atoms with van der Waals surface area (Å²) in [7, 11) is 0. The topological polar surface area (TPSA) is 46.6 Å². The molecule has 18 heavy (non-hydrogen) atoms. The van der Waals surface area contributed by atoms with Crippen LogP contribution in [0.15, 0.2) is 30.6 Å². The van der Waals surface area contributed by atoms with Crippen LogP contribution in [0.2, 0.25) is 0 Å². The molecule has 4 nitrogen and oxygen atoms in total. The van der Waals surface area contributed by atoms with Crippen molar-refractivity contribution in [3.8, 4) is 0 Å². The standard InChI is InChI=1S/C14H20N4/c1-11(15)12-5-2-3-9-17(12)14-7-4-6-13-16-8-10-18(13)14/h4,6-8,10-12H,2-3,5,9,15H2,1H3. The molecule has 2 aromatic heterocycles. The summed E-state index contributed by atoms with van der Waals surface area (Å²) < 4.78 is 2.15. The van der Waals surface area contributed by atoms with Crippen molar-refractivity contribution in [3.05, 3.63) is 30.6 Å². The molecule has 3 heterocycles. The third-order valence-electron chi connectivity index (χ3n) is 3.86. The summed E-state index contributed by atoms with van der Waals surface area (Å²) in [5.74, 6) is 1.21. The highest BCUT2D eigenvalue weighted by molar-refractivity contribution is 5.52. The van der Waals surface area contributed by atoms with Gasteiger partial charge in [0.2, 0.25) is 0 Å². The zero-order valence-electron chi connectivity index (χ0n) is 10.8. The maximum absolute atomic E-state index is 6.15. The molecule has 2 N–H and O–H groups in total. The number of nitrogens with two attached hydrogens (primary N) is 1. The molecule has 3 rings (SSSR count). The zero-order valence-corrected chi connectivity index (χ0v) is 10.8. The summed E-state index contributed by atoms with van der Waals surface area (Å²) in [5, 5.41) is 0. The van der Waals surface area contributed by atoms with Crippen LogP contribution in [0.4, 0.5) is 5.82 Å². The fraction of sp³-hybridized carbons (Fsp3) is 0.500. The number of aromatic nitrogens is 2. The lowest BCUT2D eigenvalue weighted by molar-refractivity contribution is 0.410. The van der Waals surface area contributed by atoms with Gasteiger partial charge in [-0.05, 0) is 38.3 Å². The van der Waals surface area contributed by atoms with E-state index in [2.05, 4.69) is 33.3 Å². The SMILES string of the molecule is CC(N)C1CCCCN1c1cccc2nccn12. The van der Waals surface area contributed by atoms with Crippen molar-refractivity contribution < 1.29 is 0 Å². The molecule has 0 aromatic carbocycles. The second-order valence-electron chi connectivity index (χ2n) is 5.16. The minimum absolute atomic E-state index is 0.198. The normalized spacial score (nSPS) is 22.3. The summed E-state index contributed by atoms with van der Waals surface area (Å²) >= 11 is 0. The highest BCUT2D eigenvalue weighted by Gasteiger charge is 2.26. The Kier molecular flexibility index (Phi) is 2.96. The van der Waals surface area contributed by atoms with Crippen LogP contribution in [0.5, 0.6) is 0 Å². The van der Waals surface area contributed by atoms with Crippen molar-refractivity contribution in [1.82, 2.24) is 9.38 Å². The first-order valence-corrected chi connectivity index (χ1v) is 6.71. The monoisotopic (exact) mass is 244 g/mol. The van der Waals surface area contributed by atoms with Crippen molar-refractivity contribution in [2.45, 2.75) is 38.3 Å². The minimum atomic E-state index is 0.198. The van der Waals surface area contributed by atoms with Crippen LogP contribution in [-0.4, -0.2) is 28.0 Å². The number of fused-ring (bicyclic) bond motifs is 1. The zero-order chi connectivity index (χ0) is 12.5. The summed E-state index contributed by atoms with van der Waals surface area (Å²) in [4.78, 5) is 6.80. The number of piperidine rings is 1. The van der Waals surface area contributed by atoms with E-state index in [1.165, 1.54) is 25.1 Å². The summed E-state index contributed by atoms with van der Waals surface area (Å²) in [6, 6.07) is 6.91. The van der Waals surface area contributed by atoms with Gasteiger partial charge in [0.1, 0.15) is 11.5 Å². The number of pyridine rings is 1. The summed E-state index contributed by atoms with van der Waals surface area (Å²) in [6.07, 6.45) is 7.58. The highest BCUT2D eigenvalue weighted by Crippen LogP contribution is 2.26. The molecule has 4 heteroatoms. The van der Waals surface area contributed by atoms with Crippen molar-refractivity contribution >= 4 is 11.5 Å². The summed E-state index contributed by atoms with van der Waals surface area (Å²) in [5.41, 5.74) is 7.15. The third-order valence-corrected chi connectivity index (χ3v) is 3.86. The summed E-state index contributed by atoms with van der Waals surface area (Å²) in [6.45, 7) is 3.19. The van der Waals surface area contributed by atoms with Crippen molar-refractivity contribution in [3.63, 3.8) is 0 Å². The first-order valence-electron chi connectivity index (χ1n) is 6.71. The molecule has 2 unspecified atom stereocenters. The Morgan fingerprint density at radius 1 is 1.39 bits per heavy atom. The Morgan fingerprint density at radius 2 is 2.28 bits per heavy atom. The molecule has 0 radical (unpaired) electrons. The van der Waals surface area contributed by atoms with Gasteiger partial charge in [-0.15, -0.1) is 0 Å². The fourth-order valence-electron chi connectivity index (χ4n) is 2.96. The molecular formula is C14H20N4. The quantitative estimate of drug-likeness (QED) is 0.879. The van der Waals surface area contributed by atoms with Gasteiger partial charge in [-0.2, -0.15) is 0 Å². The molecular weight excluding hydrogens is 224 g/mol. The van der Waals surface area contributed by atoms with E-state index < -0.39 is 0 Å². The Labute approximate surface area is 107 Å². The van der Waals surface area contributed by atoms with Crippen LogP contribution >= 0.6 is 0 Å². The van der Waals surface area contributed by atoms with Crippen molar-refractivity contribution in [1.29, 1.82) is 0 Å². The molecule has 0 aliphatic carbocycles. The van der Waals surface area contributed by atoms with E-state index >= 15 is 0 Å². The molecule has 0 bridgehead atoms. The van der Waals surface area contributed by atoms with E-state index in [-0.39, 0.29) is 6.04 Å². The number of hydrogen-bond donors (Lipinski definition) is 1. The van der Waals surface area contributed by atoms with Crippen molar-refractivity contribution in [2.24, 2.45) is 5.73 Å². The second-order valence-corrected chi connectivity index (χ2v) is 5.16. The Bertz CT molecular complexity index is 531. The average molecular weight is 244 g/mol. The Hall–Kier alpha value is -1.55. The molecule has 1 saturated heterocycles. The predicted octanol–water partition coefficient (Wildman–Crippen LogP) is 2.04.